The Bertz CT molecular complexity index is 712. The lowest BCUT2D eigenvalue weighted by Gasteiger charge is -2.34. The van der Waals surface area contributed by atoms with Crippen LogP contribution < -0.4 is 5.32 Å². The number of nitrogens with one attached hydrogen (secondary N) is 1. The number of esters is 1. The third-order valence-corrected chi connectivity index (χ3v) is 5.45. The van der Waals surface area contributed by atoms with Crippen LogP contribution in [0.2, 0.25) is 0 Å². The zero-order valence-corrected chi connectivity index (χ0v) is 20.6. The summed E-state index contributed by atoms with van der Waals surface area (Å²) in [6, 6.07) is 9.88. The molecule has 0 aliphatic heterocycles. The van der Waals surface area contributed by atoms with Crippen molar-refractivity contribution >= 4 is 12.1 Å². The van der Waals surface area contributed by atoms with E-state index in [0.29, 0.717) is 25.6 Å². The molecule has 0 bridgehead atoms. The van der Waals surface area contributed by atoms with Gasteiger partial charge in [-0.05, 0) is 84.6 Å². The van der Waals surface area contributed by atoms with Crippen molar-refractivity contribution < 1.29 is 23.8 Å². The number of benzene rings is 1. The van der Waals surface area contributed by atoms with Crippen LogP contribution >= 0.6 is 0 Å². The minimum atomic E-state index is -0.551. The fraction of sp³-hybridized carbons (Fsp3) is 0.692. The third-order valence-electron chi connectivity index (χ3n) is 5.45. The summed E-state index contributed by atoms with van der Waals surface area (Å²) in [6.07, 6.45) is 3.79. The van der Waals surface area contributed by atoms with E-state index in [0.717, 1.165) is 31.2 Å². The Labute approximate surface area is 193 Å². The fourth-order valence-corrected chi connectivity index (χ4v) is 4.05. The lowest BCUT2D eigenvalue weighted by molar-refractivity contribution is -0.156. The summed E-state index contributed by atoms with van der Waals surface area (Å²) in [4.78, 5) is 24.6. The van der Waals surface area contributed by atoms with E-state index < -0.39 is 17.3 Å². The molecular weight excluding hydrogens is 406 g/mol. The van der Waals surface area contributed by atoms with Crippen LogP contribution in [-0.4, -0.2) is 35.9 Å². The number of carbonyl (C=O) groups is 2. The molecule has 0 saturated heterocycles. The molecular formula is C26H41NO5. The van der Waals surface area contributed by atoms with Crippen LogP contribution in [0.25, 0.3) is 0 Å². The monoisotopic (exact) mass is 447 g/mol. The van der Waals surface area contributed by atoms with Gasteiger partial charge in [-0.25, -0.2) is 4.79 Å². The smallest absolute Gasteiger partial charge is 0.407 e. The first-order valence-corrected chi connectivity index (χ1v) is 11.7. The molecule has 6 heteroatoms. The van der Waals surface area contributed by atoms with Gasteiger partial charge in [-0.2, -0.15) is 0 Å². The summed E-state index contributed by atoms with van der Waals surface area (Å²) in [5, 5.41) is 3.04. The van der Waals surface area contributed by atoms with Gasteiger partial charge in [0.2, 0.25) is 0 Å². The summed E-state index contributed by atoms with van der Waals surface area (Å²) in [5.41, 5.74) is 0.0989. The number of amides is 1. The van der Waals surface area contributed by atoms with E-state index in [1.54, 1.807) is 0 Å². The van der Waals surface area contributed by atoms with E-state index in [-0.39, 0.29) is 17.9 Å². The van der Waals surface area contributed by atoms with Gasteiger partial charge in [0, 0.05) is 6.42 Å². The van der Waals surface area contributed by atoms with Crippen molar-refractivity contribution in [3.8, 4) is 0 Å². The zero-order chi connectivity index (χ0) is 23.8. The molecule has 0 aromatic heterocycles. The summed E-state index contributed by atoms with van der Waals surface area (Å²) in [6.45, 7) is 12.2. The quantitative estimate of drug-likeness (QED) is 0.523. The SMILES string of the molecule is CC(C)(C)OC(=O)CC1CCC(C(COCc2ccccc2)NC(=O)OC(C)(C)C)CC1. The highest BCUT2D eigenvalue weighted by atomic mass is 16.6. The summed E-state index contributed by atoms with van der Waals surface area (Å²) < 4.78 is 16.9. The van der Waals surface area contributed by atoms with Gasteiger partial charge in [0.25, 0.3) is 0 Å². The molecule has 0 heterocycles. The number of alkyl carbamates (subject to hydrolysis) is 1. The molecule has 1 aliphatic rings. The standard InChI is InChI=1S/C26H41NO5/c1-25(2,3)31-23(28)16-19-12-14-21(15-13-19)22(27-24(29)32-26(4,5)6)18-30-17-20-10-8-7-9-11-20/h7-11,19,21-22H,12-18H2,1-6H3,(H,27,29). The molecule has 1 aliphatic carbocycles. The Morgan fingerprint density at radius 1 is 0.938 bits per heavy atom. The Balaban J connectivity index is 1.90. The second kappa shape index (κ2) is 11.7. The minimum absolute atomic E-state index is 0.129. The number of hydrogen-bond donors (Lipinski definition) is 1. The maximum atomic E-state index is 12.4. The molecule has 0 radical (unpaired) electrons. The Hall–Kier alpha value is -2.08. The molecule has 1 N–H and O–H groups in total. The largest absolute Gasteiger partial charge is 0.460 e. The highest BCUT2D eigenvalue weighted by Gasteiger charge is 2.31. The van der Waals surface area contributed by atoms with Crippen molar-refractivity contribution in [3.63, 3.8) is 0 Å². The predicted octanol–water partition coefficient (Wildman–Crippen LogP) is 5.63. The summed E-state index contributed by atoms with van der Waals surface area (Å²) >= 11 is 0. The lowest BCUT2D eigenvalue weighted by Crippen LogP contribution is -2.46. The first kappa shape index (κ1) is 26.2. The molecule has 1 aromatic carbocycles. The summed E-state index contributed by atoms with van der Waals surface area (Å²) in [5.74, 6) is 0.484. The van der Waals surface area contributed by atoms with E-state index >= 15 is 0 Å². The molecule has 1 saturated carbocycles. The van der Waals surface area contributed by atoms with Crippen molar-refractivity contribution in [1.29, 1.82) is 0 Å². The van der Waals surface area contributed by atoms with Crippen LogP contribution in [0.5, 0.6) is 0 Å². The number of carbonyl (C=O) groups excluding carboxylic acids is 2. The van der Waals surface area contributed by atoms with Crippen LogP contribution in [0.1, 0.15) is 79.2 Å². The molecule has 2 rings (SSSR count). The molecule has 6 nitrogen and oxygen atoms in total. The molecule has 1 fully saturated rings. The predicted molar refractivity (Wildman–Crippen MR) is 125 cm³/mol. The Morgan fingerprint density at radius 2 is 1.53 bits per heavy atom. The van der Waals surface area contributed by atoms with Crippen LogP contribution in [0.15, 0.2) is 30.3 Å². The van der Waals surface area contributed by atoms with E-state index in [9.17, 15) is 9.59 Å². The van der Waals surface area contributed by atoms with Crippen LogP contribution in [0.4, 0.5) is 4.79 Å². The maximum Gasteiger partial charge on any atom is 0.407 e. The van der Waals surface area contributed by atoms with E-state index in [1.165, 1.54) is 0 Å². The van der Waals surface area contributed by atoms with Gasteiger partial charge in [-0.15, -0.1) is 0 Å². The third kappa shape index (κ3) is 10.5. The number of hydrogen-bond acceptors (Lipinski definition) is 5. The zero-order valence-electron chi connectivity index (χ0n) is 20.6. The van der Waals surface area contributed by atoms with Gasteiger partial charge in [-0.3, -0.25) is 4.79 Å². The average molecular weight is 448 g/mol. The molecule has 1 amide bonds. The van der Waals surface area contributed by atoms with E-state index in [4.69, 9.17) is 14.2 Å². The normalized spacial score (nSPS) is 20.3. The summed E-state index contributed by atoms with van der Waals surface area (Å²) in [7, 11) is 0. The average Bonchev–Trinajstić information content (AvgIpc) is 2.66. The minimum Gasteiger partial charge on any atom is -0.460 e. The van der Waals surface area contributed by atoms with Gasteiger partial charge in [0.05, 0.1) is 19.3 Å². The first-order chi connectivity index (χ1) is 14.9. The topological polar surface area (TPSA) is 73.9 Å². The van der Waals surface area contributed by atoms with Crippen molar-refractivity contribution in [2.24, 2.45) is 11.8 Å². The Kier molecular flexibility index (Phi) is 9.56. The van der Waals surface area contributed by atoms with E-state index in [2.05, 4.69) is 5.32 Å². The maximum absolute atomic E-state index is 12.4. The molecule has 32 heavy (non-hydrogen) atoms. The van der Waals surface area contributed by atoms with Crippen molar-refractivity contribution in [2.75, 3.05) is 6.61 Å². The highest BCUT2D eigenvalue weighted by Crippen LogP contribution is 2.33. The molecule has 1 aromatic rings. The molecule has 1 atom stereocenters. The number of ether oxygens (including phenoxy) is 3. The van der Waals surface area contributed by atoms with E-state index in [1.807, 2.05) is 71.9 Å². The first-order valence-electron chi connectivity index (χ1n) is 11.7. The Morgan fingerprint density at radius 3 is 2.09 bits per heavy atom. The van der Waals surface area contributed by atoms with Gasteiger partial charge in [0.15, 0.2) is 0 Å². The van der Waals surface area contributed by atoms with Gasteiger partial charge >= 0.3 is 12.1 Å². The lowest BCUT2D eigenvalue weighted by atomic mass is 9.77. The highest BCUT2D eigenvalue weighted by molar-refractivity contribution is 5.70. The van der Waals surface area contributed by atoms with Gasteiger partial charge in [0.1, 0.15) is 11.2 Å². The molecule has 1 unspecified atom stereocenters. The second-order valence-electron chi connectivity index (χ2n) is 10.8. The molecule has 180 valence electrons. The van der Waals surface area contributed by atoms with Crippen LogP contribution in [-0.2, 0) is 25.6 Å². The number of rotatable bonds is 8. The van der Waals surface area contributed by atoms with Crippen molar-refractivity contribution in [2.45, 2.75) is 97.5 Å². The van der Waals surface area contributed by atoms with Gasteiger partial charge in [-0.1, -0.05) is 30.3 Å². The molecule has 0 spiro atoms. The van der Waals surface area contributed by atoms with Crippen molar-refractivity contribution in [3.05, 3.63) is 35.9 Å². The van der Waals surface area contributed by atoms with Crippen LogP contribution in [0, 0.1) is 11.8 Å². The van der Waals surface area contributed by atoms with Crippen molar-refractivity contribution in [1.82, 2.24) is 5.32 Å². The van der Waals surface area contributed by atoms with Crippen LogP contribution in [0.3, 0.4) is 0 Å². The second-order valence-corrected chi connectivity index (χ2v) is 10.8. The fourth-order valence-electron chi connectivity index (χ4n) is 4.05. The van der Waals surface area contributed by atoms with Gasteiger partial charge < -0.3 is 19.5 Å².